The highest BCUT2D eigenvalue weighted by molar-refractivity contribution is 7.89. The van der Waals surface area contributed by atoms with Gasteiger partial charge < -0.3 is 9.64 Å². The quantitative estimate of drug-likeness (QED) is 0.750. The van der Waals surface area contributed by atoms with E-state index in [1.807, 2.05) is 25.7 Å². The Hall–Kier alpha value is -1.00. The monoisotopic (exact) mass is 401 g/mol. The van der Waals surface area contributed by atoms with Gasteiger partial charge in [0.1, 0.15) is 0 Å². The summed E-state index contributed by atoms with van der Waals surface area (Å²) in [5, 5.41) is 0. The molecule has 0 aromatic carbocycles. The molecule has 1 amide bonds. The average molecular weight is 402 g/mol. The van der Waals surface area contributed by atoms with Gasteiger partial charge in [-0.3, -0.25) is 9.69 Å². The van der Waals surface area contributed by atoms with Crippen molar-refractivity contribution in [2.45, 2.75) is 31.7 Å². The van der Waals surface area contributed by atoms with Gasteiger partial charge in [-0.05, 0) is 26.8 Å². The molecular weight excluding hydrogens is 374 g/mol. The average Bonchev–Trinajstić information content (AvgIpc) is 3.00. The van der Waals surface area contributed by atoms with Crippen LogP contribution in [-0.4, -0.2) is 87.0 Å². The maximum Gasteiger partial charge on any atom is 0.244 e. The molecule has 0 aliphatic carbocycles. The summed E-state index contributed by atoms with van der Waals surface area (Å²) in [5.74, 6) is 0.105. The molecule has 0 spiro atoms. The van der Waals surface area contributed by atoms with Crippen LogP contribution in [0.3, 0.4) is 0 Å². The van der Waals surface area contributed by atoms with Gasteiger partial charge in [0.15, 0.2) is 0 Å². The highest BCUT2D eigenvalue weighted by Gasteiger charge is 2.34. The summed E-state index contributed by atoms with van der Waals surface area (Å²) < 4.78 is 32.7. The topological polar surface area (TPSA) is 70.2 Å². The Balaban J connectivity index is 1.61. The van der Waals surface area contributed by atoms with E-state index in [1.165, 1.54) is 11.3 Å². The second-order valence-electron chi connectivity index (χ2n) is 6.83. The van der Waals surface area contributed by atoms with Crippen molar-refractivity contribution >= 4 is 27.3 Å². The molecule has 3 rings (SSSR count). The van der Waals surface area contributed by atoms with Crippen LogP contribution in [0.2, 0.25) is 0 Å². The molecule has 146 valence electrons. The van der Waals surface area contributed by atoms with Crippen LogP contribution in [0.1, 0.15) is 16.7 Å². The highest BCUT2D eigenvalue weighted by Crippen LogP contribution is 2.28. The number of ether oxygens (including phenoxy) is 1. The number of thiophene rings is 1. The molecule has 1 atom stereocenters. The molecular formula is C17H27N3O4S2. The first-order valence-electron chi connectivity index (χ1n) is 8.98. The van der Waals surface area contributed by atoms with Gasteiger partial charge in [0.2, 0.25) is 15.9 Å². The van der Waals surface area contributed by atoms with E-state index in [0.29, 0.717) is 57.4 Å². The molecule has 0 N–H and O–H groups in total. The Kier molecular flexibility index (Phi) is 6.03. The lowest BCUT2D eigenvalue weighted by molar-refractivity contribution is -0.140. The third-order valence-electron chi connectivity index (χ3n) is 5.11. The highest BCUT2D eigenvalue weighted by atomic mass is 32.2. The molecule has 1 aromatic heterocycles. The number of hydrogen-bond donors (Lipinski definition) is 0. The van der Waals surface area contributed by atoms with Crippen molar-refractivity contribution in [1.82, 2.24) is 14.1 Å². The van der Waals surface area contributed by atoms with Gasteiger partial charge in [-0.2, -0.15) is 4.31 Å². The number of piperazine rings is 1. The lowest BCUT2D eigenvalue weighted by Crippen LogP contribution is -2.56. The largest absolute Gasteiger partial charge is 0.378 e. The predicted octanol–water partition coefficient (Wildman–Crippen LogP) is 0.919. The summed E-state index contributed by atoms with van der Waals surface area (Å²) >= 11 is 1.51. The summed E-state index contributed by atoms with van der Waals surface area (Å²) in [6.45, 7) is 10.1. The van der Waals surface area contributed by atoms with E-state index in [9.17, 15) is 13.2 Å². The van der Waals surface area contributed by atoms with Crippen LogP contribution in [0.4, 0.5) is 0 Å². The van der Waals surface area contributed by atoms with Gasteiger partial charge in [0, 0.05) is 49.0 Å². The van der Waals surface area contributed by atoms with E-state index in [2.05, 4.69) is 4.90 Å². The maximum absolute atomic E-state index is 12.9. The standard InChI is InChI=1S/C17H27N3O4S2/c1-13-12-16(15(3)25-13)26(22,23)20-6-4-18(5-7-20)14(2)17(21)19-8-10-24-11-9-19/h12,14H,4-11H2,1-3H3. The summed E-state index contributed by atoms with van der Waals surface area (Å²) in [7, 11) is -3.46. The zero-order chi connectivity index (χ0) is 18.9. The van der Waals surface area contributed by atoms with Gasteiger partial charge in [0.25, 0.3) is 0 Å². The number of rotatable bonds is 4. The Labute approximate surface area is 159 Å². The van der Waals surface area contributed by atoms with Crippen molar-refractivity contribution in [2.24, 2.45) is 0 Å². The fourth-order valence-corrected chi connectivity index (χ4v) is 6.48. The van der Waals surface area contributed by atoms with Crippen molar-refractivity contribution in [3.8, 4) is 0 Å². The van der Waals surface area contributed by atoms with Crippen molar-refractivity contribution in [1.29, 1.82) is 0 Å². The van der Waals surface area contributed by atoms with Crippen molar-refractivity contribution in [2.75, 3.05) is 52.5 Å². The Morgan fingerprint density at radius 2 is 1.73 bits per heavy atom. The lowest BCUT2D eigenvalue weighted by atomic mass is 10.2. The number of carbonyl (C=O) groups is 1. The Morgan fingerprint density at radius 3 is 2.27 bits per heavy atom. The van der Waals surface area contributed by atoms with Crippen molar-refractivity contribution in [3.63, 3.8) is 0 Å². The minimum atomic E-state index is -3.46. The fourth-order valence-electron chi connectivity index (χ4n) is 3.54. The molecule has 0 bridgehead atoms. The minimum Gasteiger partial charge on any atom is -0.378 e. The number of aryl methyl sites for hydroxylation is 2. The van der Waals surface area contributed by atoms with Gasteiger partial charge in [0.05, 0.1) is 24.2 Å². The molecule has 3 heterocycles. The Morgan fingerprint density at radius 1 is 1.12 bits per heavy atom. The molecule has 2 aliphatic heterocycles. The second-order valence-corrected chi connectivity index (χ2v) is 10.2. The van der Waals surface area contributed by atoms with Crippen molar-refractivity contribution in [3.05, 3.63) is 15.8 Å². The molecule has 26 heavy (non-hydrogen) atoms. The van der Waals surface area contributed by atoms with E-state index in [0.717, 1.165) is 9.75 Å². The molecule has 2 saturated heterocycles. The SMILES string of the molecule is Cc1cc(S(=O)(=O)N2CCN(C(C)C(=O)N3CCOCC3)CC2)c(C)s1. The molecule has 1 unspecified atom stereocenters. The van der Waals surface area contributed by atoms with Crippen LogP contribution in [0.15, 0.2) is 11.0 Å². The van der Waals surface area contributed by atoms with Crippen LogP contribution in [0, 0.1) is 13.8 Å². The van der Waals surface area contributed by atoms with E-state index in [-0.39, 0.29) is 11.9 Å². The number of amides is 1. The normalized spacial score (nSPS) is 21.7. The summed E-state index contributed by atoms with van der Waals surface area (Å²) in [4.78, 5) is 18.8. The summed E-state index contributed by atoms with van der Waals surface area (Å²) in [6, 6.07) is 1.52. The van der Waals surface area contributed by atoms with Gasteiger partial charge in [-0.25, -0.2) is 8.42 Å². The zero-order valence-electron chi connectivity index (χ0n) is 15.6. The van der Waals surface area contributed by atoms with Gasteiger partial charge >= 0.3 is 0 Å². The van der Waals surface area contributed by atoms with Crippen LogP contribution >= 0.6 is 11.3 Å². The van der Waals surface area contributed by atoms with E-state index >= 15 is 0 Å². The number of sulfonamides is 1. The van der Waals surface area contributed by atoms with Gasteiger partial charge in [-0.15, -0.1) is 11.3 Å². The molecule has 0 radical (unpaired) electrons. The summed E-state index contributed by atoms with van der Waals surface area (Å²) in [5.41, 5.74) is 0. The van der Waals surface area contributed by atoms with Crippen LogP contribution < -0.4 is 0 Å². The smallest absolute Gasteiger partial charge is 0.244 e. The minimum absolute atomic E-state index is 0.105. The lowest BCUT2D eigenvalue weighted by Gasteiger charge is -2.39. The molecule has 0 saturated carbocycles. The van der Waals surface area contributed by atoms with E-state index in [1.54, 1.807) is 10.4 Å². The number of hydrogen-bond acceptors (Lipinski definition) is 6. The van der Waals surface area contributed by atoms with E-state index < -0.39 is 10.0 Å². The summed E-state index contributed by atoms with van der Waals surface area (Å²) in [6.07, 6.45) is 0. The Bertz CT molecular complexity index is 748. The molecule has 9 heteroatoms. The number of morpholine rings is 1. The third kappa shape index (κ3) is 3.96. The molecule has 2 aliphatic rings. The maximum atomic E-state index is 12.9. The van der Waals surface area contributed by atoms with E-state index in [4.69, 9.17) is 4.74 Å². The van der Waals surface area contributed by atoms with Gasteiger partial charge in [-0.1, -0.05) is 0 Å². The first kappa shape index (κ1) is 19.8. The second kappa shape index (κ2) is 7.93. The predicted molar refractivity (Wildman–Crippen MR) is 101 cm³/mol. The molecule has 1 aromatic rings. The number of nitrogens with zero attached hydrogens (tertiary/aromatic N) is 3. The van der Waals surface area contributed by atoms with Crippen LogP contribution in [-0.2, 0) is 19.6 Å². The third-order valence-corrected chi connectivity index (χ3v) is 8.23. The van der Waals surface area contributed by atoms with Crippen LogP contribution in [0.25, 0.3) is 0 Å². The first-order valence-corrected chi connectivity index (χ1v) is 11.2. The fraction of sp³-hybridized carbons (Fsp3) is 0.706. The number of carbonyl (C=O) groups excluding carboxylic acids is 1. The molecule has 7 nitrogen and oxygen atoms in total. The zero-order valence-corrected chi connectivity index (χ0v) is 17.2. The first-order chi connectivity index (χ1) is 12.3. The van der Waals surface area contributed by atoms with Crippen LogP contribution in [0.5, 0.6) is 0 Å². The molecule has 2 fully saturated rings. The van der Waals surface area contributed by atoms with Crippen molar-refractivity contribution < 1.29 is 17.9 Å².